The molecular weight excluding hydrogens is 323 g/mol. The van der Waals surface area contributed by atoms with Crippen LogP contribution < -0.4 is 10.1 Å². The first-order valence-electron chi connectivity index (χ1n) is 7.91. The summed E-state index contributed by atoms with van der Waals surface area (Å²) in [6, 6.07) is 11.3. The van der Waals surface area contributed by atoms with Gasteiger partial charge in [-0.15, -0.1) is 0 Å². The zero-order chi connectivity index (χ0) is 18.2. The van der Waals surface area contributed by atoms with Crippen LogP contribution in [0.15, 0.2) is 42.5 Å². The first kappa shape index (κ1) is 17.0. The van der Waals surface area contributed by atoms with Crippen LogP contribution in [0.3, 0.4) is 0 Å². The molecule has 2 aromatic rings. The summed E-state index contributed by atoms with van der Waals surface area (Å²) in [6.45, 7) is 3.51. The average Bonchev–Trinajstić information content (AvgIpc) is 2.55. The molecule has 130 valence electrons. The summed E-state index contributed by atoms with van der Waals surface area (Å²) in [6.07, 6.45) is 0. The Kier molecular flexibility index (Phi) is 4.20. The van der Waals surface area contributed by atoms with Crippen LogP contribution in [-0.2, 0) is 16.1 Å². The van der Waals surface area contributed by atoms with Crippen LogP contribution in [0, 0.1) is 12.7 Å². The van der Waals surface area contributed by atoms with Crippen molar-refractivity contribution in [1.29, 1.82) is 0 Å². The molecule has 5 nitrogen and oxygen atoms in total. The highest BCUT2D eigenvalue weighted by Gasteiger charge is 2.48. The highest BCUT2D eigenvalue weighted by atomic mass is 19.1. The predicted molar refractivity (Wildman–Crippen MR) is 91.7 cm³/mol. The van der Waals surface area contributed by atoms with Crippen LogP contribution in [0.2, 0.25) is 0 Å². The van der Waals surface area contributed by atoms with Gasteiger partial charge in [-0.05, 0) is 49.2 Å². The number of anilines is 1. The molecule has 1 aliphatic rings. The Morgan fingerprint density at radius 3 is 2.76 bits per heavy atom. The zero-order valence-corrected chi connectivity index (χ0v) is 14.3. The third-order valence-corrected chi connectivity index (χ3v) is 4.19. The van der Waals surface area contributed by atoms with Gasteiger partial charge in [0.2, 0.25) is 0 Å². The Bertz CT molecular complexity index is 852. The number of rotatable bonds is 3. The van der Waals surface area contributed by atoms with E-state index in [9.17, 15) is 14.0 Å². The maximum atomic E-state index is 13.3. The van der Waals surface area contributed by atoms with E-state index in [1.54, 1.807) is 31.3 Å². The summed E-state index contributed by atoms with van der Waals surface area (Å²) >= 11 is 0. The SMILES string of the molecule is Cc1ccc2c(c1)NC(=O)C(C)(C(=O)N(C)Cc1cccc(F)c1)O2. The molecule has 0 aromatic heterocycles. The van der Waals surface area contributed by atoms with E-state index in [-0.39, 0.29) is 12.4 Å². The number of carbonyl (C=O) groups is 2. The fraction of sp³-hybridized carbons (Fsp3) is 0.263. The van der Waals surface area contributed by atoms with Gasteiger partial charge in [0.25, 0.3) is 17.4 Å². The van der Waals surface area contributed by atoms with Gasteiger partial charge in [0, 0.05) is 13.6 Å². The summed E-state index contributed by atoms with van der Waals surface area (Å²) in [5.74, 6) is -0.956. The van der Waals surface area contributed by atoms with Crippen LogP contribution in [-0.4, -0.2) is 29.4 Å². The molecular formula is C19H19FN2O3. The Labute approximate surface area is 145 Å². The lowest BCUT2D eigenvalue weighted by atomic mass is 10.00. The number of benzene rings is 2. The van der Waals surface area contributed by atoms with E-state index in [1.165, 1.54) is 24.0 Å². The monoisotopic (exact) mass is 342 g/mol. The van der Waals surface area contributed by atoms with Crippen molar-refractivity contribution in [2.75, 3.05) is 12.4 Å². The van der Waals surface area contributed by atoms with Crippen LogP contribution in [0.5, 0.6) is 5.75 Å². The van der Waals surface area contributed by atoms with Crippen molar-refractivity contribution in [3.8, 4) is 5.75 Å². The normalized spacial score (nSPS) is 18.8. The second kappa shape index (κ2) is 6.20. The molecule has 0 spiro atoms. The van der Waals surface area contributed by atoms with Crippen LogP contribution in [0.25, 0.3) is 0 Å². The number of ether oxygens (including phenoxy) is 1. The number of nitrogens with one attached hydrogen (secondary N) is 1. The highest BCUT2D eigenvalue weighted by Crippen LogP contribution is 2.35. The minimum atomic E-state index is -1.68. The molecule has 0 aliphatic carbocycles. The van der Waals surface area contributed by atoms with Crippen molar-refractivity contribution < 1.29 is 18.7 Å². The van der Waals surface area contributed by atoms with Gasteiger partial charge in [0.05, 0.1) is 5.69 Å². The van der Waals surface area contributed by atoms with Crippen molar-refractivity contribution in [3.63, 3.8) is 0 Å². The lowest BCUT2D eigenvalue weighted by Crippen LogP contribution is -2.58. The summed E-state index contributed by atoms with van der Waals surface area (Å²) in [4.78, 5) is 26.7. The summed E-state index contributed by atoms with van der Waals surface area (Å²) in [5, 5.41) is 2.73. The third-order valence-electron chi connectivity index (χ3n) is 4.19. The van der Waals surface area contributed by atoms with E-state index in [1.807, 2.05) is 13.0 Å². The quantitative estimate of drug-likeness (QED) is 0.873. The van der Waals surface area contributed by atoms with Gasteiger partial charge in [0.1, 0.15) is 11.6 Å². The fourth-order valence-electron chi connectivity index (χ4n) is 2.82. The molecule has 0 bridgehead atoms. The first-order valence-corrected chi connectivity index (χ1v) is 7.91. The molecule has 1 heterocycles. The molecule has 25 heavy (non-hydrogen) atoms. The minimum Gasteiger partial charge on any atom is -0.466 e. The van der Waals surface area contributed by atoms with Crippen molar-refractivity contribution in [3.05, 3.63) is 59.4 Å². The smallest absolute Gasteiger partial charge is 0.278 e. The molecule has 6 heteroatoms. The van der Waals surface area contributed by atoms with Gasteiger partial charge < -0.3 is 15.0 Å². The van der Waals surface area contributed by atoms with Crippen LogP contribution in [0.4, 0.5) is 10.1 Å². The van der Waals surface area contributed by atoms with E-state index < -0.39 is 17.4 Å². The molecule has 0 radical (unpaired) electrons. The Morgan fingerprint density at radius 2 is 2.04 bits per heavy atom. The highest BCUT2D eigenvalue weighted by molar-refractivity contribution is 6.15. The van der Waals surface area contributed by atoms with Crippen molar-refractivity contribution in [1.82, 2.24) is 4.90 Å². The maximum absolute atomic E-state index is 13.3. The average molecular weight is 342 g/mol. The number of hydrogen-bond donors (Lipinski definition) is 1. The number of carbonyl (C=O) groups excluding carboxylic acids is 2. The molecule has 1 atom stereocenters. The van der Waals surface area contributed by atoms with Crippen LogP contribution >= 0.6 is 0 Å². The molecule has 1 unspecified atom stereocenters. The Hall–Kier alpha value is -2.89. The molecule has 1 aliphatic heterocycles. The largest absolute Gasteiger partial charge is 0.466 e. The molecule has 2 amide bonds. The number of aryl methyl sites for hydroxylation is 1. The standard InChI is InChI=1S/C19H19FN2O3/c1-12-7-8-16-15(9-12)21-17(23)19(2,25-16)18(24)22(3)11-13-5-4-6-14(20)10-13/h4-10H,11H2,1-3H3,(H,21,23). The number of nitrogens with zero attached hydrogens (tertiary/aromatic N) is 1. The van der Waals surface area contributed by atoms with E-state index in [0.29, 0.717) is 17.0 Å². The number of likely N-dealkylation sites (N-methyl/N-ethyl adjacent to an activating group) is 1. The number of hydrogen-bond acceptors (Lipinski definition) is 3. The zero-order valence-electron chi connectivity index (χ0n) is 14.3. The second-order valence-electron chi connectivity index (χ2n) is 6.38. The van der Waals surface area contributed by atoms with Crippen molar-refractivity contribution in [2.24, 2.45) is 0 Å². The molecule has 3 rings (SSSR count). The van der Waals surface area contributed by atoms with Gasteiger partial charge in [-0.25, -0.2) is 4.39 Å². The lowest BCUT2D eigenvalue weighted by molar-refractivity contribution is -0.154. The van der Waals surface area contributed by atoms with Gasteiger partial charge in [-0.1, -0.05) is 18.2 Å². The minimum absolute atomic E-state index is 0.170. The van der Waals surface area contributed by atoms with Gasteiger partial charge in [0.15, 0.2) is 0 Å². The Morgan fingerprint density at radius 1 is 1.28 bits per heavy atom. The molecule has 0 saturated heterocycles. The number of amides is 2. The molecule has 0 fully saturated rings. The molecule has 0 saturated carbocycles. The molecule has 1 N–H and O–H groups in total. The van der Waals surface area contributed by atoms with E-state index in [2.05, 4.69) is 5.32 Å². The summed E-state index contributed by atoms with van der Waals surface area (Å²) in [7, 11) is 1.56. The number of fused-ring (bicyclic) bond motifs is 1. The fourth-order valence-corrected chi connectivity index (χ4v) is 2.82. The summed E-state index contributed by atoms with van der Waals surface area (Å²) in [5.41, 5.74) is 0.472. The maximum Gasteiger partial charge on any atom is 0.278 e. The summed E-state index contributed by atoms with van der Waals surface area (Å²) < 4.78 is 19.1. The van der Waals surface area contributed by atoms with E-state index >= 15 is 0 Å². The third kappa shape index (κ3) is 3.20. The van der Waals surface area contributed by atoms with Gasteiger partial charge in [-0.2, -0.15) is 0 Å². The molecule has 2 aromatic carbocycles. The van der Waals surface area contributed by atoms with Crippen molar-refractivity contribution in [2.45, 2.75) is 26.0 Å². The van der Waals surface area contributed by atoms with E-state index in [0.717, 1.165) is 5.56 Å². The topological polar surface area (TPSA) is 58.6 Å². The Balaban J connectivity index is 1.82. The number of halogens is 1. The van der Waals surface area contributed by atoms with E-state index in [4.69, 9.17) is 4.74 Å². The predicted octanol–water partition coefficient (Wildman–Crippen LogP) is 2.88. The van der Waals surface area contributed by atoms with Crippen molar-refractivity contribution >= 4 is 17.5 Å². The van der Waals surface area contributed by atoms with Crippen LogP contribution in [0.1, 0.15) is 18.1 Å². The van der Waals surface area contributed by atoms with Gasteiger partial charge in [-0.3, -0.25) is 9.59 Å². The van der Waals surface area contributed by atoms with Gasteiger partial charge >= 0.3 is 0 Å². The second-order valence-corrected chi connectivity index (χ2v) is 6.38. The lowest BCUT2D eigenvalue weighted by Gasteiger charge is -2.36. The first-order chi connectivity index (χ1) is 11.8.